The van der Waals surface area contributed by atoms with E-state index in [0.717, 1.165) is 17.1 Å². The van der Waals surface area contributed by atoms with E-state index in [1.54, 1.807) is 6.07 Å². The number of ether oxygens (including phenoxy) is 3. The van der Waals surface area contributed by atoms with Crippen molar-refractivity contribution < 1.29 is 14.2 Å². The van der Waals surface area contributed by atoms with Crippen LogP contribution < -0.4 is 19.9 Å². The average molecular weight is 291 g/mol. The number of aromatic nitrogens is 2. The van der Waals surface area contributed by atoms with Crippen LogP contribution in [0.3, 0.4) is 0 Å². The highest BCUT2D eigenvalue weighted by Gasteiger charge is 2.13. The number of nitrogens with zero attached hydrogens (tertiary/aromatic N) is 2. The lowest BCUT2D eigenvalue weighted by Crippen LogP contribution is -2.01. The summed E-state index contributed by atoms with van der Waals surface area (Å²) in [5.41, 5.74) is 6.67. The van der Waals surface area contributed by atoms with Gasteiger partial charge in [-0.25, -0.2) is 4.98 Å². The number of fused-ring (bicyclic) bond motifs is 1. The molecule has 1 aliphatic rings. The van der Waals surface area contributed by atoms with Crippen molar-refractivity contribution in [2.75, 3.05) is 18.8 Å². The smallest absolute Gasteiger partial charge is 0.231 e. The second-order valence-electron chi connectivity index (χ2n) is 4.09. The molecule has 2 N–H and O–H groups in total. The van der Waals surface area contributed by atoms with E-state index < -0.39 is 0 Å². The minimum absolute atomic E-state index is 0.263. The molecule has 6 nitrogen and oxygen atoms in total. The third-order valence-corrected chi connectivity index (χ3v) is 3.26. The standard InChI is InChI=1S/C13H13N3O3S/c1-20-13-15-11(14)5-12(16-13)17-6-8-2-3-9-10(4-8)19-7-18-9/h2-5H,6-7H2,1H3,(H2,14,15,16). The van der Waals surface area contributed by atoms with Crippen LogP contribution >= 0.6 is 11.8 Å². The fourth-order valence-corrected chi connectivity index (χ4v) is 2.15. The zero-order valence-corrected chi connectivity index (χ0v) is 11.6. The van der Waals surface area contributed by atoms with Gasteiger partial charge in [-0.1, -0.05) is 17.8 Å². The molecule has 3 rings (SSSR count). The molecule has 2 aromatic rings. The quantitative estimate of drug-likeness (QED) is 0.682. The summed E-state index contributed by atoms with van der Waals surface area (Å²) >= 11 is 1.42. The molecular formula is C13H13N3O3S. The summed E-state index contributed by atoms with van der Waals surface area (Å²) < 4.78 is 16.2. The van der Waals surface area contributed by atoms with Gasteiger partial charge in [0.05, 0.1) is 0 Å². The Bertz CT molecular complexity index is 636. The van der Waals surface area contributed by atoms with Crippen LogP contribution in [0.4, 0.5) is 5.82 Å². The molecule has 0 unspecified atom stereocenters. The van der Waals surface area contributed by atoms with E-state index >= 15 is 0 Å². The molecule has 1 aromatic heterocycles. The van der Waals surface area contributed by atoms with Crippen molar-refractivity contribution in [2.24, 2.45) is 0 Å². The summed E-state index contributed by atoms with van der Waals surface area (Å²) in [6.07, 6.45) is 1.89. The Labute approximate surface area is 120 Å². The van der Waals surface area contributed by atoms with Crippen molar-refractivity contribution >= 4 is 17.6 Å². The summed E-state index contributed by atoms with van der Waals surface area (Å²) in [5, 5.41) is 0.589. The number of nitrogen functional groups attached to an aromatic ring is 1. The van der Waals surface area contributed by atoms with Crippen molar-refractivity contribution in [3.05, 3.63) is 29.8 Å². The molecule has 0 fully saturated rings. The SMILES string of the molecule is CSc1nc(N)cc(OCc2ccc3c(c2)OCO3)n1. The molecule has 1 aromatic carbocycles. The van der Waals surface area contributed by atoms with Gasteiger partial charge in [-0.15, -0.1) is 0 Å². The molecule has 0 spiro atoms. The minimum Gasteiger partial charge on any atom is -0.473 e. The van der Waals surface area contributed by atoms with Crippen molar-refractivity contribution in [1.29, 1.82) is 0 Å². The number of hydrogen-bond acceptors (Lipinski definition) is 7. The van der Waals surface area contributed by atoms with E-state index in [9.17, 15) is 0 Å². The third kappa shape index (κ3) is 2.72. The summed E-state index contributed by atoms with van der Waals surface area (Å²) in [6.45, 7) is 0.639. The Hall–Kier alpha value is -2.15. The van der Waals surface area contributed by atoms with Gasteiger partial charge in [0.2, 0.25) is 12.7 Å². The largest absolute Gasteiger partial charge is 0.473 e. The lowest BCUT2D eigenvalue weighted by molar-refractivity contribution is 0.174. The zero-order chi connectivity index (χ0) is 13.9. The van der Waals surface area contributed by atoms with Crippen LogP contribution in [-0.2, 0) is 6.61 Å². The first-order valence-electron chi connectivity index (χ1n) is 5.94. The van der Waals surface area contributed by atoms with Gasteiger partial charge in [-0.3, -0.25) is 0 Å². The molecule has 0 saturated heterocycles. The molecule has 104 valence electrons. The molecule has 0 aliphatic carbocycles. The van der Waals surface area contributed by atoms with Gasteiger partial charge in [-0.2, -0.15) is 4.98 Å². The minimum atomic E-state index is 0.263. The molecule has 2 heterocycles. The summed E-state index contributed by atoms with van der Waals surface area (Å²) in [4.78, 5) is 8.30. The van der Waals surface area contributed by atoms with Gasteiger partial charge in [-0.05, 0) is 24.0 Å². The maximum Gasteiger partial charge on any atom is 0.231 e. The number of thioether (sulfide) groups is 1. The second-order valence-corrected chi connectivity index (χ2v) is 4.87. The van der Waals surface area contributed by atoms with Crippen molar-refractivity contribution in [1.82, 2.24) is 9.97 Å². The molecule has 0 atom stereocenters. The Kier molecular flexibility index (Phi) is 3.51. The van der Waals surface area contributed by atoms with E-state index in [1.807, 2.05) is 24.5 Å². The van der Waals surface area contributed by atoms with Crippen LogP contribution in [0.1, 0.15) is 5.56 Å². The Morgan fingerprint density at radius 3 is 2.95 bits per heavy atom. The molecule has 0 radical (unpaired) electrons. The van der Waals surface area contributed by atoms with Gasteiger partial charge >= 0.3 is 0 Å². The zero-order valence-electron chi connectivity index (χ0n) is 10.8. The first-order valence-corrected chi connectivity index (χ1v) is 7.17. The first kappa shape index (κ1) is 12.9. The average Bonchev–Trinajstić information content (AvgIpc) is 2.92. The van der Waals surface area contributed by atoms with E-state index in [-0.39, 0.29) is 6.79 Å². The highest BCUT2D eigenvalue weighted by molar-refractivity contribution is 7.98. The predicted molar refractivity (Wildman–Crippen MR) is 75.1 cm³/mol. The molecule has 0 bridgehead atoms. The van der Waals surface area contributed by atoms with Crippen LogP contribution in [0, 0.1) is 0 Å². The summed E-state index contributed by atoms with van der Waals surface area (Å²) in [6, 6.07) is 7.28. The lowest BCUT2D eigenvalue weighted by atomic mass is 10.2. The molecule has 0 saturated carbocycles. The molecule has 7 heteroatoms. The van der Waals surface area contributed by atoms with Crippen molar-refractivity contribution in [3.8, 4) is 17.4 Å². The van der Waals surface area contributed by atoms with Gasteiger partial charge in [0, 0.05) is 6.07 Å². The monoisotopic (exact) mass is 291 g/mol. The van der Waals surface area contributed by atoms with Crippen LogP contribution in [-0.4, -0.2) is 23.0 Å². The van der Waals surface area contributed by atoms with Gasteiger partial charge in [0.1, 0.15) is 12.4 Å². The molecule has 1 aliphatic heterocycles. The Balaban J connectivity index is 1.71. The number of nitrogens with two attached hydrogens (primary N) is 1. The summed E-state index contributed by atoms with van der Waals surface area (Å²) in [7, 11) is 0. The third-order valence-electron chi connectivity index (χ3n) is 2.71. The van der Waals surface area contributed by atoms with Crippen molar-refractivity contribution in [2.45, 2.75) is 11.8 Å². The Morgan fingerprint density at radius 2 is 2.10 bits per heavy atom. The first-order chi connectivity index (χ1) is 9.74. The molecule has 20 heavy (non-hydrogen) atoms. The van der Waals surface area contributed by atoms with Gasteiger partial charge in [0.15, 0.2) is 16.7 Å². The van der Waals surface area contributed by atoms with Crippen LogP contribution in [0.2, 0.25) is 0 Å². The lowest BCUT2D eigenvalue weighted by Gasteiger charge is -2.07. The van der Waals surface area contributed by atoms with Gasteiger partial charge < -0.3 is 19.9 Å². The highest BCUT2D eigenvalue weighted by Crippen LogP contribution is 2.32. The van der Waals surface area contributed by atoms with Crippen LogP contribution in [0.25, 0.3) is 0 Å². The number of anilines is 1. The van der Waals surface area contributed by atoms with E-state index in [0.29, 0.717) is 23.5 Å². The fraction of sp³-hybridized carbons (Fsp3) is 0.231. The number of benzene rings is 1. The highest BCUT2D eigenvalue weighted by atomic mass is 32.2. The van der Waals surface area contributed by atoms with E-state index in [4.69, 9.17) is 19.9 Å². The fourth-order valence-electron chi connectivity index (χ4n) is 1.77. The Morgan fingerprint density at radius 1 is 1.25 bits per heavy atom. The molecular weight excluding hydrogens is 278 g/mol. The second kappa shape index (κ2) is 5.46. The number of rotatable bonds is 4. The maximum atomic E-state index is 5.70. The molecule has 0 amide bonds. The number of hydrogen-bond donors (Lipinski definition) is 1. The predicted octanol–water partition coefficient (Wildman–Crippen LogP) is 2.09. The van der Waals surface area contributed by atoms with Crippen LogP contribution in [0.5, 0.6) is 17.4 Å². The van der Waals surface area contributed by atoms with Crippen molar-refractivity contribution in [3.63, 3.8) is 0 Å². The van der Waals surface area contributed by atoms with E-state index in [2.05, 4.69) is 9.97 Å². The van der Waals surface area contributed by atoms with E-state index in [1.165, 1.54) is 11.8 Å². The van der Waals surface area contributed by atoms with Gasteiger partial charge in [0.25, 0.3) is 0 Å². The van der Waals surface area contributed by atoms with Crippen LogP contribution in [0.15, 0.2) is 29.4 Å². The normalized spacial score (nSPS) is 12.4. The summed E-state index contributed by atoms with van der Waals surface area (Å²) in [5.74, 6) is 2.34. The topological polar surface area (TPSA) is 79.5 Å². The maximum absolute atomic E-state index is 5.70.